The molecule has 1 amide bonds. The van der Waals surface area contributed by atoms with E-state index < -0.39 is 22.5 Å². The molecule has 0 heterocycles. The number of amides is 1. The Morgan fingerprint density at radius 2 is 1.65 bits per heavy atom. The molecule has 0 unspecified atom stereocenters. The summed E-state index contributed by atoms with van der Waals surface area (Å²) in [6.45, 7) is 1.83. The average Bonchev–Trinajstić information content (AvgIpc) is 2.78. The van der Waals surface area contributed by atoms with Crippen LogP contribution >= 0.6 is 0 Å². The third kappa shape index (κ3) is 6.77. The molecule has 0 atom stereocenters. The molecule has 0 bridgehead atoms. The third-order valence-electron chi connectivity index (χ3n) is 4.30. The van der Waals surface area contributed by atoms with Gasteiger partial charge in [0, 0.05) is 5.56 Å². The molecule has 0 saturated carbocycles. The van der Waals surface area contributed by atoms with Crippen LogP contribution < -0.4 is 14.9 Å². The summed E-state index contributed by atoms with van der Waals surface area (Å²) in [6.07, 6.45) is 1.45. The Morgan fingerprint density at radius 3 is 2.39 bits per heavy atom. The van der Waals surface area contributed by atoms with E-state index in [1.54, 1.807) is 18.2 Å². The molecule has 7 nitrogen and oxygen atoms in total. The van der Waals surface area contributed by atoms with Gasteiger partial charge in [-0.2, -0.15) is 5.10 Å². The zero-order chi connectivity index (χ0) is 22.1. The lowest BCUT2D eigenvalue weighted by Gasteiger charge is -2.09. The second-order valence-corrected chi connectivity index (χ2v) is 8.51. The van der Waals surface area contributed by atoms with Gasteiger partial charge in [0.25, 0.3) is 5.91 Å². The molecule has 0 aromatic heterocycles. The van der Waals surface area contributed by atoms with Crippen LogP contribution in [0.15, 0.2) is 88.9 Å². The van der Waals surface area contributed by atoms with Gasteiger partial charge in [0.05, 0.1) is 17.7 Å². The molecule has 160 valence electrons. The molecular formula is C23H23N3O4S. The quantitative estimate of drug-likeness (QED) is 0.397. The molecule has 31 heavy (non-hydrogen) atoms. The Morgan fingerprint density at radius 1 is 0.968 bits per heavy atom. The molecular weight excluding hydrogens is 414 g/mol. The maximum Gasteiger partial charge on any atom is 0.255 e. The number of rotatable bonds is 9. The minimum absolute atomic E-state index is 0.0962. The van der Waals surface area contributed by atoms with Crippen LogP contribution in [0.1, 0.15) is 16.7 Å². The molecule has 0 aliphatic rings. The highest BCUT2D eigenvalue weighted by Crippen LogP contribution is 2.17. The van der Waals surface area contributed by atoms with E-state index in [0.29, 0.717) is 17.9 Å². The monoisotopic (exact) mass is 437 g/mol. The highest BCUT2D eigenvalue weighted by atomic mass is 32.2. The summed E-state index contributed by atoms with van der Waals surface area (Å²) in [5.41, 5.74) is 4.97. The predicted molar refractivity (Wildman–Crippen MR) is 119 cm³/mol. The minimum atomic E-state index is -3.77. The summed E-state index contributed by atoms with van der Waals surface area (Å²) in [5.74, 6) is 0.0269. The molecule has 3 aromatic carbocycles. The maximum absolute atomic E-state index is 12.2. The summed E-state index contributed by atoms with van der Waals surface area (Å²) in [7, 11) is -3.77. The van der Waals surface area contributed by atoms with Crippen LogP contribution in [0.4, 0.5) is 0 Å². The third-order valence-corrected chi connectivity index (χ3v) is 5.72. The summed E-state index contributed by atoms with van der Waals surface area (Å²) < 4.78 is 32.6. The second kappa shape index (κ2) is 10.5. The van der Waals surface area contributed by atoms with Gasteiger partial charge >= 0.3 is 0 Å². The molecule has 3 rings (SSSR count). The first kappa shape index (κ1) is 22.2. The van der Waals surface area contributed by atoms with Gasteiger partial charge in [-0.15, -0.1) is 0 Å². The zero-order valence-corrected chi connectivity index (χ0v) is 17.8. The van der Waals surface area contributed by atoms with Crippen LogP contribution in [0.5, 0.6) is 5.75 Å². The van der Waals surface area contributed by atoms with Crippen molar-refractivity contribution < 1.29 is 17.9 Å². The Hall–Kier alpha value is -3.49. The first-order chi connectivity index (χ1) is 14.9. The number of nitrogens with zero attached hydrogens (tertiary/aromatic N) is 1. The molecule has 0 saturated heterocycles. The Kier molecular flexibility index (Phi) is 7.53. The first-order valence-electron chi connectivity index (χ1n) is 9.58. The SMILES string of the molecule is Cc1ccc(S(=O)(=O)NCC(=O)N/N=C\c2ccccc2OCc2ccccc2)cc1. The topological polar surface area (TPSA) is 96.9 Å². The number of carbonyl (C=O) groups is 1. The van der Waals surface area contributed by atoms with Crippen LogP contribution in [0.2, 0.25) is 0 Å². The number of carbonyl (C=O) groups excluding carboxylic acids is 1. The Labute approximate surface area is 181 Å². The standard InChI is InChI=1S/C23H23N3O4S/c1-18-11-13-21(14-12-18)31(28,29)25-16-23(27)26-24-15-20-9-5-6-10-22(20)30-17-19-7-3-2-4-8-19/h2-15,25H,16-17H2,1H3,(H,26,27)/b24-15-. The van der Waals surface area contributed by atoms with E-state index in [9.17, 15) is 13.2 Å². The van der Waals surface area contributed by atoms with E-state index in [2.05, 4.69) is 15.2 Å². The molecule has 0 aliphatic heterocycles. The van der Waals surface area contributed by atoms with E-state index >= 15 is 0 Å². The number of hydrazone groups is 1. The normalized spacial score (nSPS) is 11.4. The fraction of sp³-hybridized carbons (Fsp3) is 0.130. The Balaban J connectivity index is 1.53. The molecule has 2 N–H and O–H groups in total. The van der Waals surface area contributed by atoms with Crippen molar-refractivity contribution in [2.24, 2.45) is 5.10 Å². The smallest absolute Gasteiger partial charge is 0.255 e. The van der Waals surface area contributed by atoms with Crippen molar-refractivity contribution in [2.75, 3.05) is 6.54 Å². The van der Waals surface area contributed by atoms with Crippen molar-refractivity contribution in [1.29, 1.82) is 0 Å². The highest BCUT2D eigenvalue weighted by molar-refractivity contribution is 7.89. The lowest BCUT2D eigenvalue weighted by molar-refractivity contribution is -0.119. The fourth-order valence-electron chi connectivity index (χ4n) is 2.63. The van der Waals surface area contributed by atoms with Gasteiger partial charge < -0.3 is 4.74 Å². The number of ether oxygens (including phenoxy) is 1. The van der Waals surface area contributed by atoms with Gasteiger partial charge in [-0.05, 0) is 36.8 Å². The zero-order valence-electron chi connectivity index (χ0n) is 17.0. The van der Waals surface area contributed by atoms with Crippen molar-refractivity contribution in [3.63, 3.8) is 0 Å². The lowest BCUT2D eigenvalue weighted by Crippen LogP contribution is -2.34. The van der Waals surface area contributed by atoms with Gasteiger partial charge in [0.15, 0.2) is 0 Å². The Bertz CT molecular complexity index is 1140. The van der Waals surface area contributed by atoms with Crippen LogP contribution in [-0.4, -0.2) is 27.1 Å². The number of hydrogen-bond donors (Lipinski definition) is 2. The molecule has 0 aliphatic carbocycles. The first-order valence-corrected chi connectivity index (χ1v) is 11.1. The fourth-order valence-corrected chi connectivity index (χ4v) is 3.61. The van der Waals surface area contributed by atoms with Crippen molar-refractivity contribution in [3.05, 3.63) is 95.6 Å². The minimum Gasteiger partial charge on any atom is -0.488 e. The van der Waals surface area contributed by atoms with Gasteiger partial charge in [0.1, 0.15) is 12.4 Å². The van der Waals surface area contributed by atoms with Crippen LogP contribution in [0.25, 0.3) is 0 Å². The summed E-state index contributed by atoms with van der Waals surface area (Å²) in [6, 6.07) is 23.4. The lowest BCUT2D eigenvalue weighted by atomic mass is 10.2. The molecule has 0 radical (unpaired) electrons. The number of nitrogens with one attached hydrogen (secondary N) is 2. The highest BCUT2D eigenvalue weighted by Gasteiger charge is 2.14. The summed E-state index contributed by atoms with van der Waals surface area (Å²) in [5, 5.41) is 3.90. The molecule has 0 fully saturated rings. The van der Waals surface area contributed by atoms with E-state index in [0.717, 1.165) is 11.1 Å². The van der Waals surface area contributed by atoms with E-state index in [4.69, 9.17) is 4.74 Å². The van der Waals surface area contributed by atoms with Crippen molar-refractivity contribution in [2.45, 2.75) is 18.4 Å². The van der Waals surface area contributed by atoms with Crippen molar-refractivity contribution >= 4 is 22.1 Å². The second-order valence-electron chi connectivity index (χ2n) is 6.74. The molecule has 8 heteroatoms. The molecule has 0 spiro atoms. The van der Waals surface area contributed by atoms with Crippen LogP contribution in [-0.2, 0) is 21.4 Å². The number of aryl methyl sites for hydroxylation is 1. The molecule has 3 aromatic rings. The van der Waals surface area contributed by atoms with Crippen molar-refractivity contribution in [1.82, 2.24) is 10.1 Å². The number of sulfonamides is 1. The van der Waals surface area contributed by atoms with Crippen LogP contribution in [0.3, 0.4) is 0 Å². The maximum atomic E-state index is 12.2. The van der Waals surface area contributed by atoms with Gasteiger partial charge in [0.2, 0.25) is 10.0 Å². The van der Waals surface area contributed by atoms with E-state index in [1.807, 2.05) is 55.5 Å². The predicted octanol–water partition coefficient (Wildman–Crippen LogP) is 3.00. The number of hydrogen-bond acceptors (Lipinski definition) is 5. The number of benzene rings is 3. The van der Waals surface area contributed by atoms with Gasteiger partial charge in [-0.3, -0.25) is 4.79 Å². The van der Waals surface area contributed by atoms with Gasteiger partial charge in [-0.25, -0.2) is 18.6 Å². The van der Waals surface area contributed by atoms with Gasteiger partial charge in [-0.1, -0.05) is 60.2 Å². The summed E-state index contributed by atoms with van der Waals surface area (Å²) >= 11 is 0. The summed E-state index contributed by atoms with van der Waals surface area (Å²) in [4.78, 5) is 12.1. The van der Waals surface area contributed by atoms with E-state index in [1.165, 1.54) is 18.3 Å². The van der Waals surface area contributed by atoms with Crippen LogP contribution in [0, 0.1) is 6.92 Å². The average molecular weight is 438 g/mol. The number of para-hydroxylation sites is 1. The van der Waals surface area contributed by atoms with Crippen molar-refractivity contribution in [3.8, 4) is 5.75 Å². The van der Waals surface area contributed by atoms with E-state index in [-0.39, 0.29) is 4.90 Å². The largest absolute Gasteiger partial charge is 0.488 e.